The van der Waals surface area contributed by atoms with E-state index in [0.29, 0.717) is 23.1 Å². The summed E-state index contributed by atoms with van der Waals surface area (Å²) in [6.07, 6.45) is 0. The molecule has 2 N–H and O–H groups in total. The number of halogens is 3. The minimum Gasteiger partial charge on any atom is -0.357 e. The van der Waals surface area contributed by atoms with Crippen LogP contribution in [-0.4, -0.2) is 22.3 Å². The zero-order chi connectivity index (χ0) is 17.7. The van der Waals surface area contributed by atoms with Crippen LogP contribution in [0.25, 0.3) is 0 Å². The molecule has 0 bridgehead atoms. The van der Waals surface area contributed by atoms with Crippen molar-refractivity contribution in [1.29, 1.82) is 0 Å². The van der Waals surface area contributed by atoms with E-state index < -0.39 is 0 Å². The number of hydrogen-bond acceptors (Lipinski definition) is 2. The third kappa shape index (κ3) is 6.04. The number of guanidine groups is 1. The Bertz CT molecular complexity index is 743. The molecule has 2 aromatic rings. The molecule has 0 aliphatic heterocycles. The Morgan fingerprint density at radius 2 is 1.96 bits per heavy atom. The fourth-order valence-electron chi connectivity index (χ4n) is 2.40. The minimum absolute atomic E-state index is 0. The predicted octanol–water partition coefficient (Wildman–Crippen LogP) is 4.22. The highest BCUT2D eigenvalue weighted by Crippen LogP contribution is 2.21. The van der Waals surface area contributed by atoms with E-state index in [1.807, 2.05) is 37.7 Å². The number of nitrogens with zero attached hydrogens (tertiary/aromatic N) is 3. The van der Waals surface area contributed by atoms with Gasteiger partial charge in [-0.15, -0.1) is 24.0 Å². The van der Waals surface area contributed by atoms with Crippen LogP contribution in [0.15, 0.2) is 23.2 Å². The van der Waals surface area contributed by atoms with Crippen LogP contribution in [0.5, 0.6) is 0 Å². The Morgan fingerprint density at radius 3 is 2.52 bits per heavy atom. The first-order chi connectivity index (χ1) is 11.4. The molecule has 1 aromatic carbocycles. The Labute approximate surface area is 176 Å². The first-order valence-electron chi connectivity index (χ1n) is 7.87. The van der Waals surface area contributed by atoms with Gasteiger partial charge >= 0.3 is 0 Å². The molecule has 5 nitrogen and oxygen atoms in total. The highest BCUT2D eigenvalue weighted by molar-refractivity contribution is 14.0. The Morgan fingerprint density at radius 1 is 1.24 bits per heavy atom. The second kappa shape index (κ2) is 10.2. The summed E-state index contributed by atoms with van der Waals surface area (Å²) in [4.78, 5) is 4.60. The molecule has 0 saturated carbocycles. The van der Waals surface area contributed by atoms with Gasteiger partial charge in [0.2, 0.25) is 0 Å². The van der Waals surface area contributed by atoms with Gasteiger partial charge < -0.3 is 10.6 Å². The van der Waals surface area contributed by atoms with E-state index in [1.165, 1.54) is 5.56 Å². The molecule has 25 heavy (non-hydrogen) atoms. The van der Waals surface area contributed by atoms with Crippen molar-refractivity contribution >= 4 is 53.1 Å². The largest absolute Gasteiger partial charge is 0.357 e. The summed E-state index contributed by atoms with van der Waals surface area (Å²) in [5.74, 6) is 0.742. The summed E-state index contributed by atoms with van der Waals surface area (Å²) >= 11 is 12.1. The molecule has 138 valence electrons. The van der Waals surface area contributed by atoms with Gasteiger partial charge in [0.05, 0.1) is 12.2 Å². The van der Waals surface area contributed by atoms with Gasteiger partial charge in [-0.1, -0.05) is 29.3 Å². The van der Waals surface area contributed by atoms with Crippen molar-refractivity contribution in [2.75, 3.05) is 6.54 Å². The number of rotatable bonds is 5. The SMILES string of the molecule is CCNC(=NCc1ccc(Cl)cc1Cl)NCc1c(C)nn(C)c1C.I. The lowest BCUT2D eigenvalue weighted by molar-refractivity contribution is 0.728. The molecule has 0 saturated heterocycles. The fourth-order valence-corrected chi connectivity index (χ4v) is 2.87. The molecule has 0 unspecified atom stereocenters. The zero-order valence-electron chi connectivity index (χ0n) is 14.9. The highest BCUT2D eigenvalue weighted by Gasteiger charge is 2.10. The van der Waals surface area contributed by atoms with Crippen molar-refractivity contribution in [2.45, 2.75) is 33.9 Å². The average Bonchev–Trinajstić information content (AvgIpc) is 2.77. The van der Waals surface area contributed by atoms with Crippen LogP contribution in [0.1, 0.15) is 29.4 Å². The Kier molecular flexibility index (Phi) is 9.02. The smallest absolute Gasteiger partial charge is 0.191 e. The van der Waals surface area contributed by atoms with E-state index in [-0.39, 0.29) is 24.0 Å². The van der Waals surface area contributed by atoms with Gasteiger partial charge in [-0.25, -0.2) is 4.99 Å². The van der Waals surface area contributed by atoms with Crippen molar-refractivity contribution in [3.8, 4) is 0 Å². The topological polar surface area (TPSA) is 54.2 Å². The van der Waals surface area contributed by atoms with E-state index in [1.54, 1.807) is 6.07 Å². The molecule has 0 aliphatic rings. The third-order valence-corrected chi connectivity index (χ3v) is 4.45. The lowest BCUT2D eigenvalue weighted by Gasteiger charge is -2.12. The Balaban J connectivity index is 0.00000312. The second-order valence-corrected chi connectivity index (χ2v) is 6.40. The lowest BCUT2D eigenvalue weighted by atomic mass is 10.2. The number of aromatic nitrogens is 2. The van der Waals surface area contributed by atoms with E-state index >= 15 is 0 Å². The molecular formula is C17H24Cl2IN5. The number of aliphatic imine (C=N–C) groups is 1. The number of nitrogens with one attached hydrogen (secondary N) is 2. The molecule has 0 spiro atoms. The highest BCUT2D eigenvalue weighted by atomic mass is 127. The molecule has 1 heterocycles. The van der Waals surface area contributed by atoms with Crippen LogP contribution in [0.2, 0.25) is 10.0 Å². The molecule has 8 heteroatoms. The lowest BCUT2D eigenvalue weighted by Crippen LogP contribution is -2.37. The normalized spacial score (nSPS) is 11.2. The first kappa shape index (κ1) is 22.1. The minimum atomic E-state index is 0. The molecule has 0 aliphatic carbocycles. The van der Waals surface area contributed by atoms with E-state index in [9.17, 15) is 0 Å². The quantitative estimate of drug-likeness (QED) is 0.371. The molecule has 0 atom stereocenters. The van der Waals surface area contributed by atoms with Gasteiger partial charge in [-0.2, -0.15) is 5.10 Å². The Hall–Kier alpha value is -0.990. The van der Waals surface area contributed by atoms with E-state index in [4.69, 9.17) is 23.2 Å². The maximum Gasteiger partial charge on any atom is 0.191 e. The molecule has 0 amide bonds. The number of hydrogen-bond donors (Lipinski definition) is 2. The third-order valence-electron chi connectivity index (χ3n) is 3.86. The van der Waals surface area contributed by atoms with Crippen LogP contribution in [0.4, 0.5) is 0 Å². The molecule has 0 fully saturated rings. The van der Waals surface area contributed by atoms with E-state index in [0.717, 1.165) is 29.5 Å². The summed E-state index contributed by atoms with van der Waals surface area (Å²) in [6, 6.07) is 5.45. The van der Waals surface area contributed by atoms with Crippen molar-refractivity contribution in [1.82, 2.24) is 20.4 Å². The van der Waals surface area contributed by atoms with Crippen molar-refractivity contribution < 1.29 is 0 Å². The zero-order valence-corrected chi connectivity index (χ0v) is 18.7. The van der Waals surface area contributed by atoms with Crippen molar-refractivity contribution in [3.63, 3.8) is 0 Å². The average molecular weight is 496 g/mol. The summed E-state index contributed by atoms with van der Waals surface area (Å²) in [7, 11) is 1.95. The van der Waals surface area contributed by atoms with Crippen LogP contribution in [0, 0.1) is 13.8 Å². The van der Waals surface area contributed by atoms with E-state index in [2.05, 4.69) is 27.6 Å². The molecule has 2 rings (SSSR count). The van der Waals surface area contributed by atoms with Crippen LogP contribution < -0.4 is 10.6 Å². The monoisotopic (exact) mass is 495 g/mol. The van der Waals surface area contributed by atoms with Gasteiger partial charge in [-0.05, 0) is 38.5 Å². The molecule has 1 aromatic heterocycles. The van der Waals surface area contributed by atoms with Crippen molar-refractivity contribution in [3.05, 3.63) is 50.8 Å². The van der Waals surface area contributed by atoms with Gasteiger partial charge in [-0.3, -0.25) is 4.68 Å². The maximum atomic E-state index is 6.20. The molecular weight excluding hydrogens is 472 g/mol. The number of aryl methyl sites for hydroxylation is 2. The second-order valence-electron chi connectivity index (χ2n) is 5.56. The van der Waals surface area contributed by atoms with Crippen LogP contribution in [0.3, 0.4) is 0 Å². The summed E-state index contributed by atoms with van der Waals surface area (Å²) in [5.41, 5.74) is 4.30. The maximum absolute atomic E-state index is 6.20. The van der Waals surface area contributed by atoms with Gasteiger partial charge in [0, 0.05) is 41.4 Å². The molecule has 0 radical (unpaired) electrons. The van der Waals surface area contributed by atoms with Crippen molar-refractivity contribution in [2.24, 2.45) is 12.0 Å². The van der Waals surface area contributed by atoms with Gasteiger partial charge in [0.1, 0.15) is 0 Å². The van der Waals surface area contributed by atoms with Crippen LogP contribution in [-0.2, 0) is 20.1 Å². The van der Waals surface area contributed by atoms with Gasteiger partial charge in [0.15, 0.2) is 5.96 Å². The van der Waals surface area contributed by atoms with Crippen LogP contribution >= 0.6 is 47.2 Å². The standard InChI is InChI=1S/C17H23Cl2N5.HI/c1-5-20-17(21-9-13-6-7-14(18)8-16(13)19)22-10-15-11(2)23-24(4)12(15)3;/h6-8H,5,9-10H2,1-4H3,(H2,20,21,22);1H. The van der Waals surface area contributed by atoms with Gasteiger partial charge in [0.25, 0.3) is 0 Å². The summed E-state index contributed by atoms with van der Waals surface area (Å²) in [5, 5.41) is 12.3. The summed E-state index contributed by atoms with van der Waals surface area (Å²) < 4.78 is 1.89. The predicted molar refractivity (Wildman–Crippen MR) is 116 cm³/mol. The first-order valence-corrected chi connectivity index (χ1v) is 8.63. The number of benzene rings is 1. The summed E-state index contributed by atoms with van der Waals surface area (Å²) in [6.45, 7) is 8.05. The fraction of sp³-hybridized carbons (Fsp3) is 0.412.